The Morgan fingerprint density at radius 3 is 2.50 bits per heavy atom. The summed E-state index contributed by atoms with van der Waals surface area (Å²) in [6, 6.07) is 3.70. The molecule has 1 saturated carbocycles. The van der Waals surface area contributed by atoms with Crippen LogP contribution in [0.4, 0.5) is 5.69 Å². The van der Waals surface area contributed by atoms with Crippen LogP contribution in [0.2, 0.25) is 0 Å². The van der Waals surface area contributed by atoms with Gasteiger partial charge in [-0.3, -0.25) is 4.79 Å². The molecule has 24 heavy (non-hydrogen) atoms. The first-order chi connectivity index (χ1) is 11.6. The van der Waals surface area contributed by atoms with Gasteiger partial charge in [0, 0.05) is 22.5 Å². The second-order valence-corrected chi connectivity index (χ2v) is 7.36. The maximum Gasteiger partial charge on any atom is 0.228 e. The van der Waals surface area contributed by atoms with Crippen molar-refractivity contribution in [2.45, 2.75) is 33.1 Å². The van der Waals surface area contributed by atoms with E-state index in [9.17, 15) is 4.79 Å². The molecule has 6 heteroatoms. The summed E-state index contributed by atoms with van der Waals surface area (Å²) >= 11 is 3.53. The average Bonchev–Trinajstić information content (AvgIpc) is 3.26. The van der Waals surface area contributed by atoms with Crippen LogP contribution in [0.1, 0.15) is 33.1 Å². The van der Waals surface area contributed by atoms with Gasteiger partial charge in [-0.2, -0.15) is 0 Å². The lowest BCUT2D eigenvalue weighted by Gasteiger charge is -2.23. The van der Waals surface area contributed by atoms with E-state index in [0.717, 1.165) is 42.5 Å². The summed E-state index contributed by atoms with van der Waals surface area (Å²) in [6.45, 7) is 7.02. The van der Waals surface area contributed by atoms with Crippen LogP contribution >= 0.6 is 15.9 Å². The van der Waals surface area contributed by atoms with E-state index in [-0.39, 0.29) is 17.2 Å². The lowest BCUT2D eigenvalue weighted by atomic mass is 9.92. The van der Waals surface area contributed by atoms with E-state index in [1.807, 2.05) is 26.0 Å². The van der Waals surface area contributed by atoms with E-state index < -0.39 is 0 Å². The van der Waals surface area contributed by atoms with E-state index in [1.165, 1.54) is 0 Å². The van der Waals surface area contributed by atoms with Crippen LogP contribution in [0.25, 0.3) is 0 Å². The van der Waals surface area contributed by atoms with Crippen LogP contribution in [-0.4, -0.2) is 32.2 Å². The molecule has 1 aromatic rings. The topological polar surface area (TPSA) is 59.6 Å². The van der Waals surface area contributed by atoms with Crippen molar-refractivity contribution in [3.05, 3.63) is 16.6 Å². The van der Waals surface area contributed by atoms with Gasteiger partial charge in [0.25, 0.3) is 0 Å². The molecule has 1 heterocycles. The summed E-state index contributed by atoms with van der Waals surface area (Å²) in [4.78, 5) is 12.7. The van der Waals surface area contributed by atoms with Crippen molar-refractivity contribution >= 4 is 27.5 Å². The predicted octanol–water partition coefficient (Wildman–Crippen LogP) is 3.57. The number of benzene rings is 1. The van der Waals surface area contributed by atoms with Gasteiger partial charge in [0.15, 0.2) is 11.5 Å². The van der Waals surface area contributed by atoms with Crippen molar-refractivity contribution in [2.75, 3.05) is 31.6 Å². The van der Waals surface area contributed by atoms with Crippen LogP contribution in [0, 0.1) is 11.3 Å². The molecule has 2 fully saturated rings. The third-order valence-corrected chi connectivity index (χ3v) is 5.65. The standard InChI is InChI=1S/C18H25BrN2O3/c1-3-23-15-9-13(19)14(10-16(15)24-4-2)21-17(22)12-11-18(12)5-7-20-8-6-18/h9-10,12,20H,3-8,11H2,1-2H3,(H,21,22). The summed E-state index contributed by atoms with van der Waals surface area (Å²) in [7, 11) is 0. The zero-order valence-electron chi connectivity index (χ0n) is 14.3. The van der Waals surface area contributed by atoms with Gasteiger partial charge in [-0.25, -0.2) is 0 Å². The molecule has 1 saturated heterocycles. The molecule has 2 aliphatic rings. The first kappa shape index (κ1) is 17.5. The van der Waals surface area contributed by atoms with Gasteiger partial charge in [0.05, 0.1) is 18.9 Å². The van der Waals surface area contributed by atoms with E-state index in [2.05, 4.69) is 26.6 Å². The predicted molar refractivity (Wildman–Crippen MR) is 97.8 cm³/mol. The summed E-state index contributed by atoms with van der Waals surface area (Å²) in [5, 5.41) is 6.44. The van der Waals surface area contributed by atoms with Crippen molar-refractivity contribution < 1.29 is 14.3 Å². The number of carbonyl (C=O) groups is 1. The number of piperidine rings is 1. The number of nitrogens with one attached hydrogen (secondary N) is 2. The number of amides is 1. The van der Waals surface area contributed by atoms with Crippen molar-refractivity contribution in [3.8, 4) is 11.5 Å². The minimum absolute atomic E-state index is 0.115. The molecule has 1 spiro atoms. The van der Waals surface area contributed by atoms with Gasteiger partial charge in [-0.1, -0.05) is 0 Å². The Kier molecular flexibility index (Phi) is 5.35. The molecular weight excluding hydrogens is 372 g/mol. The van der Waals surface area contributed by atoms with Gasteiger partial charge in [0.1, 0.15) is 0 Å². The van der Waals surface area contributed by atoms with Crippen LogP contribution in [0.15, 0.2) is 16.6 Å². The zero-order valence-corrected chi connectivity index (χ0v) is 15.9. The third kappa shape index (κ3) is 3.54. The molecule has 1 aliphatic heterocycles. The minimum atomic E-state index is 0.115. The van der Waals surface area contributed by atoms with Gasteiger partial charge < -0.3 is 20.1 Å². The minimum Gasteiger partial charge on any atom is -0.490 e. The normalized spacial score (nSPS) is 21.4. The summed E-state index contributed by atoms with van der Waals surface area (Å²) in [6.07, 6.45) is 3.20. The van der Waals surface area contributed by atoms with Crippen molar-refractivity contribution in [2.24, 2.45) is 11.3 Å². The SMILES string of the molecule is CCOc1cc(Br)c(NC(=O)C2CC23CCNCC3)cc1OCC. The van der Waals surface area contributed by atoms with Crippen LogP contribution in [0.3, 0.4) is 0 Å². The van der Waals surface area contributed by atoms with E-state index in [4.69, 9.17) is 9.47 Å². The Labute approximate surface area is 151 Å². The Morgan fingerprint density at radius 1 is 1.25 bits per heavy atom. The summed E-state index contributed by atoms with van der Waals surface area (Å²) < 4.78 is 12.1. The number of ether oxygens (including phenoxy) is 2. The zero-order chi connectivity index (χ0) is 17.2. The highest BCUT2D eigenvalue weighted by molar-refractivity contribution is 9.10. The van der Waals surface area contributed by atoms with E-state index in [0.29, 0.717) is 24.7 Å². The van der Waals surface area contributed by atoms with Crippen molar-refractivity contribution in [3.63, 3.8) is 0 Å². The number of carbonyl (C=O) groups excluding carboxylic acids is 1. The number of hydrogen-bond acceptors (Lipinski definition) is 4. The molecule has 3 rings (SSSR count). The highest BCUT2D eigenvalue weighted by Crippen LogP contribution is 2.59. The lowest BCUT2D eigenvalue weighted by Crippen LogP contribution is -2.31. The second-order valence-electron chi connectivity index (χ2n) is 6.50. The fourth-order valence-corrected chi connectivity index (χ4v) is 4.00. The Bertz CT molecular complexity index is 615. The molecule has 1 amide bonds. The molecule has 0 bridgehead atoms. The molecule has 0 aromatic heterocycles. The lowest BCUT2D eigenvalue weighted by molar-refractivity contribution is -0.118. The second kappa shape index (κ2) is 7.31. The molecule has 1 unspecified atom stereocenters. The Balaban J connectivity index is 1.72. The number of hydrogen-bond donors (Lipinski definition) is 2. The van der Waals surface area contributed by atoms with Crippen molar-refractivity contribution in [1.29, 1.82) is 0 Å². The smallest absolute Gasteiger partial charge is 0.228 e. The van der Waals surface area contributed by atoms with Crippen LogP contribution in [0.5, 0.6) is 11.5 Å². The average molecular weight is 397 g/mol. The molecule has 1 aromatic carbocycles. The number of halogens is 1. The molecule has 2 N–H and O–H groups in total. The van der Waals surface area contributed by atoms with Gasteiger partial charge in [0.2, 0.25) is 5.91 Å². The van der Waals surface area contributed by atoms with Gasteiger partial charge >= 0.3 is 0 Å². The first-order valence-electron chi connectivity index (χ1n) is 8.70. The first-order valence-corrected chi connectivity index (χ1v) is 9.49. The molecule has 1 aliphatic carbocycles. The molecule has 132 valence electrons. The highest BCUT2D eigenvalue weighted by atomic mass is 79.9. The fourth-order valence-electron chi connectivity index (χ4n) is 3.58. The number of anilines is 1. The molecule has 1 atom stereocenters. The Hall–Kier alpha value is -1.27. The molecule has 5 nitrogen and oxygen atoms in total. The van der Waals surface area contributed by atoms with E-state index in [1.54, 1.807) is 0 Å². The van der Waals surface area contributed by atoms with Gasteiger partial charge in [-0.15, -0.1) is 0 Å². The molecular formula is C18H25BrN2O3. The quantitative estimate of drug-likeness (QED) is 0.771. The molecule has 0 radical (unpaired) electrons. The third-order valence-electron chi connectivity index (χ3n) is 5.00. The Morgan fingerprint density at radius 2 is 1.88 bits per heavy atom. The summed E-state index contributed by atoms with van der Waals surface area (Å²) in [5.41, 5.74) is 0.971. The van der Waals surface area contributed by atoms with Crippen molar-refractivity contribution in [1.82, 2.24) is 5.32 Å². The highest BCUT2D eigenvalue weighted by Gasteiger charge is 2.57. The number of rotatable bonds is 6. The largest absolute Gasteiger partial charge is 0.490 e. The maximum absolute atomic E-state index is 12.7. The monoisotopic (exact) mass is 396 g/mol. The maximum atomic E-state index is 12.7. The van der Waals surface area contributed by atoms with Gasteiger partial charge in [-0.05, 0) is 67.5 Å². The summed E-state index contributed by atoms with van der Waals surface area (Å²) in [5.74, 6) is 1.59. The fraction of sp³-hybridized carbons (Fsp3) is 0.611. The van der Waals surface area contributed by atoms with Crippen LogP contribution < -0.4 is 20.1 Å². The van der Waals surface area contributed by atoms with Crippen LogP contribution in [-0.2, 0) is 4.79 Å². The van der Waals surface area contributed by atoms with E-state index >= 15 is 0 Å².